The molecule has 0 heterocycles. The molecule has 0 saturated carbocycles. The first-order chi connectivity index (χ1) is 14.3. The number of hydrogen-bond donors (Lipinski definition) is 1. The van der Waals surface area contributed by atoms with E-state index in [1.807, 2.05) is 83.1 Å². The van der Waals surface area contributed by atoms with E-state index >= 15 is 0 Å². The van der Waals surface area contributed by atoms with E-state index in [4.69, 9.17) is 4.74 Å². The normalized spacial score (nSPS) is 11.8. The zero-order chi connectivity index (χ0) is 22.1. The zero-order valence-electron chi connectivity index (χ0n) is 18.8. The molecule has 0 aliphatic rings. The molecule has 0 bridgehead atoms. The Labute approximate surface area is 180 Å². The third-order valence-corrected chi connectivity index (χ3v) is 5.14. The number of hydrogen-bond acceptors (Lipinski definition) is 3. The lowest BCUT2D eigenvalue weighted by atomic mass is 10.1. The molecule has 1 N–H and O–H groups in total. The van der Waals surface area contributed by atoms with E-state index in [1.54, 1.807) is 4.90 Å². The number of amides is 2. The number of aryl methyl sites for hydroxylation is 2. The summed E-state index contributed by atoms with van der Waals surface area (Å²) in [6.45, 7) is 10.2. The van der Waals surface area contributed by atoms with Crippen molar-refractivity contribution >= 4 is 11.8 Å². The van der Waals surface area contributed by atoms with Crippen LogP contribution in [0.4, 0.5) is 0 Å². The van der Waals surface area contributed by atoms with Crippen LogP contribution in [0, 0.1) is 13.8 Å². The van der Waals surface area contributed by atoms with Gasteiger partial charge in [0.05, 0.1) is 0 Å². The van der Waals surface area contributed by atoms with Crippen LogP contribution in [-0.4, -0.2) is 41.9 Å². The van der Waals surface area contributed by atoms with Gasteiger partial charge in [0, 0.05) is 12.6 Å². The molecule has 2 amide bonds. The Bertz CT molecular complexity index is 834. The van der Waals surface area contributed by atoms with Crippen LogP contribution in [0.3, 0.4) is 0 Å². The van der Waals surface area contributed by atoms with Crippen LogP contribution >= 0.6 is 0 Å². The van der Waals surface area contributed by atoms with Gasteiger partial charge in [0.25, 0.3) is 5.91 Å². The molecular weight excluding hydrogens is 376 g/mol. The minimum atomic E-state index is -0.521. The molecule has 2 aromatic rings. The minimum absolute atomic E-state index is 0.0180. The van der Waals surface area contributed by atoms with Crippen LogP contribution in [0.2, 0.25) is 0 Å². The molecule has 0 aliphatic carbocycles. The first-order valence-corrected chi connectivity index (χ1v) is 10.7. The number of nitrogens with one attached hydrogen (secondary N) is 1. The number of nitrogens with zero attached hydrogens (tertiary/aromatic N) is 1. The van der Waals surface area contributed by atoms with E-state index in [-0.39, 0.29) is 24.5 Å². The molecule has 0 fully saturated rings. The fraction of sp³-hybridized carbons (Fsp3) is 0.440. The average molecular weight is 411 g/mol. The topological polar surface area (TPSA) is 58.6 Å². The molecule has 5 heteroatoms. The summed E-state index contributed by atoms with van der Waals surface area (Å²) in [6.07, 6.45) is 1.23. The third kappa shape index (κ3) is 6.90. The van der Waals surface area contributed by atoms with Crippen molar-refractivity contribution in [3.05, 3.63) is 65.2 Å². The zero-order valence-corrected chi connectivity index (χ0v) is 18.8. The Morgan fingerprint density at radius 2 is 1.73 bits per heavy atom. The largest absolute Gasteiger partial charge is 0.484 e. The molecule has 30 heavy (non-hydrogen) atoms. The molecule has 2 aromatic carbocycles. The Kier molecular flexibility index (Phi) is 8.90. The maximum absolute atomic E-state index is 13.1. The number of carbonyl (C=O) groups is 2. The Hall–Kier alpha value is -2.82. The minimum Gasteiger partial charge on any atom is -0.484 e. The van der Waals surface area contributed by atoms with Crippen molar-refractivity contribution in [1.82, 2.24) is 10.2 Å². The summed E-state index contributed by atoms with van der Waals surface area (Å²) in [6, 6.07) is 15.3. The second-order valence-electron chi connectivity index (χ2n) is 7.94. The number of benzene rings is 2. The molecule has 0 spiro atoms. The van der Waals surface area contributed by atoms with Gasteiger partial charge in [0.1, 0.15) is 11.8 Å². The highest BCUT2D eigenvalue weighted by Gasteiger charge is 2.28. The highest BCUT2D eigenvalue weighted by Crippen LogP contribution is 2.17. The van der Waals surface area contributed by atoms with Crippen LogP contribution in [0.25, 0.3) is 0 Å². The molecule has 5 nitrogen and oxygen atoms in total. The van der Waals surface area contributed by atoms with Gasteiger partial charge in [-0.15, -0.1) is 0 Å². The van der Waals surface area contributed by atoms with Crippen molar-refractivity contribution in [2.45, 2.75) is 59.5 Å². The summed E-state index contributed by atoms with van der Waals surface area (Å²) in [4.78, 5) is 27.5. The summed E-state index contributed by atoms with van der Waals surface area (Å²) in [7, 11) is 0. The molecule has 0 radical (unpaired) electrons. The van der Waals surface area contributed by atoms with Gasteiger partial charge in [-0.05, 0) is 69.4 Å². The lowest BCUT2D eigenvalue weighted by Crippen LogP contribution is -2.52. The Balaban J connectivity index is 2.13. The second kappa shape index (κ2) is 11.4. The summed E-state index contributed by atoms with van der Waals surface area (Å²) in [5.74, 6) is 0.351. The van der Waals surface area contributed by atoms with Crippen molar-refractivity contribution < 1.29 is 14.3 Å². The maximum atomic E-state index is 13.1. The van der Waals surface area contributed by atoms with Gasteiger partial charge in [-0.2, -0.15) is 0 Å². The molecule has 162 valence electrons. The maximum Gasteiger partial charge on any atom is 0.261 e. The lowest BCUT2D eigenvalue weighted by Gasteiger charge is -2.31. The molecular formula is C25H34N2O3. The SMILES string of the molecule is CCC(C(=O)NC(C)C)N(CCc1ccccc1)C(=O)COc1ccc(C)c(C)c1. The van der Waals surface area contributed by atoms with E-state index in [9.17, 15) is 9.59 Å². The van der Waals surface area contributed by atoms with Gasteiger partial charge in [-0.3, -0.25) is 9.59 Å². The van der Waals surface area contributed by atoms with E-state index in [0.717, 1.165) is 11.1 Å². The smallest absolute Gasteiger partial charge is 0.261 e. The van der Waals surface area contributed by atoms with Crippen LogP contribution in [0.1, 0.15) is 43.9 Å². The standard InChI is InChI=1S/C25H34N2O3/c1-6-23(25(29)26-18(2)3)27(15-14-21-10-8-7-9-11-21)24(28)17-30-22-13-12-19(4)20(5)16-22/h7-13,16,18,23H,6,14-15,17H2,1-5H3,(H,26,29). The summed E-state index contributed by atoms with van der Waals surface area (Å²) < 4.78 is 5.77. The summed E-state index contributed by atoms with van der Waals surface area (Å²) in [5, 5.41) is 2.94. The first kappa shape index (κ1) is 23.5. The second-order valence-corrected chi connectivity index (χ2v) is 7.94. The van der Waals surface area contributed by atoms with Crippen molar-refractivity contribution in [2.75, 3.05) is 13.2 Å². The summed E-state index contributed by atoms with van der Waals surface area (Å²) in [5.41, 5.74) is 3.42. The molecule has 0 aromatic heterocycles. The molecule has 2 rings (SSSR count). The molecule has 1 unspecified atom stereocenters. The molecule has 1 atom stereocenters. The third-order valence-electron chi connectivity index (χ3n) is 5.14. The molecule has 0 saturated heterocycles. The van der Waals surface area contributed by atoms with E-state index < -0.39 is 6.04 Å². The first-order valence-electron chi connectivity index (χ1n) is 10.7. The number of carbonyl (C=O) groups excluding carboxylic acids is 2. The highest BCUT2D eigenvalue weighted by molar-refractivity contribution is 5.88. The van der Waals surface area contributed by atoms with Gasteiger partial charge in [0.15, 0.2) is 6.61 Å². The van der Waals surface area contributed by atoms with Gasteiger partial charge >= 0.3 is 0 Å². The van der Waals surface area contributed by atoms with E-state index in [0.29, 0.717) is 25.1 Å². The summed E-state index contributed by atoms with van der Waals surface area (Å²) >= 11 is 0. The van der Waals surface area contributed by atoms with Crippen molar-refractivity contribution in [1.29, 1.82) is 0 Å². The van der Waals surface area contributed by atoms with Gasteiger partial charge < -0.3 is 15.0 Å². The van der Waals surface area contributed by atoms with Gasteiger partial charge in [0.2, 0.25) is 5.91 Å². The van der Waals surface area contributed by atoms with Gasteiger partial charge in [-0.1, -0.05) is 43.3 Å². The average Bonchev–Trinajstić information content (AvgIpc) is 2.71. The van der Waals surface area contributed by atoms with E-state index in [1.165, 1.54) is 5.56 Å². The highest BCUT2D eigenvalue weighted by atomic mass is 16.5. The predicted molar refractivity (Wildman–Crippen MR) is 121 cm³/mol. The van der Waals surface area contributed by atoms with Crippen LogP contribution in [-0.2, 0) is 16.0 Å². The Morgan fingerprint density at radius 3 is 2.33 bits per heavy atom. The Morgan fingerprint density at radius 1 is 1.03 bits per heavy atom. The fourth-order valence-corrected chi connectivity index (χ4v) is 3.31. The quantitative estimate of drug-likeness (QED) is 0.643. The van der Waals surface area contributed by atoms with Crippen molar-refractivity contribution in [3.8, 4) is 5.75 Å². The van der Waals surface area contributed by atoms with Crippen LogP contribution < -0.4 is 10.1 Å². The van der Waals surface area contributed by atoms with Gasteiger partial charge in [-0.25, -0.2) is 0 Å². The fourth-order valence-electron chi connectivity index (χ4n) is 3.31. The van der Waals surface area contributed by atoms with Crippen LogP contribution in [0.5, 0.6) is 5.75 Å². The van der Waals surface area contributed by atoms with Crippen molar-refractivity contribution in [3.63, 3.8) is 0 Å². The lowest BCUT2D eigenvalue weighted by molar-refractivity contribution is -0.142. The van der Waals surface area contributed by atoms with Crippen LogP contribution in [0.15, 0.2) is 48.5 Å². The number of ether oxygens (including phenoxy) is 1. The van der Waals surface area contributed by atoms with Crippen molar-refractivity contribution in [2.24, 2.45) is 0 Å². The monoisotopic (exact) mass is 410 g/mol. The predicted octanol–water partition coefficient (Wildman–Crippen LogP) is 4.06. The number of rotatable bonds is 10. The molecule has 0 aliphatic heterocycles. The van der Waals surface area contributed by atoms with E-state index in [2.05, 4.69) is 5.32 Å².